The molecule has 0 aliphatic carbocycles. The van der Waals surface area contributed by atoms with Crippen LogP contribution < -0.4 is 5.32 Å². The van der Waals surface area contributed by atoms with Crippen LogP contribution in [0.4, 0.5) is 0 Å². The predicted molar refractivity (Wildman–Crippen MR) is 341 cm³/mol. The summed E-state index contributed by atoms with van der Waals surface area (Å²) in [6.45, 7) is 6.87. The molecule has 0 fully saturated rings. The topological polar surface area (TPSA) is 111 Å². The number of unbranched alkanes of at least 4 members (excludes halogenated alkanes) is 28. The van der Waals surface area contributed by atoms with Gasteiger partial charge in [0.15, 0.2) is 0 Å². The Hall–Kier alpha value is -3.07. The molecule has 0 saturated carbocycles. The molecule has 3 unspecified atom stereocenters. The number of ether oxygens (including phenoxy) is 1. The maximum atomic E-state index is 13.6. The molecule has 0 aliphatic rings. The van der Waals surface area contributed by atoms with Crippen LogP contribution in [0.5, 0.6) is 0 Å². The van der Waals surface area contributed by atoms with Crippen LogP contribution in [-0.4, -0.2) is 74.3 Å². The van der Waals surface area contributed by atoms with E-state index < -0.39 is 20.0 Å². The van der Waals surface area contributed by atoms with Gasteiger partial charge in [-0.15, -0.1) is 0 Å². The average molecular weight is 1120 g/mol. The summed E-state index contributed by atoms with van der Waals surface area (Å²) in [7, 11) is 1.48. The van der Waals surface area contributed by atoms with Gasteiger partial charge in [-0.05, 0) is 109 Å². The van der Waals surface area contributed by atoms with Crippen LogP contribution in [0, 0.1) is 0 Å². The number of nitrogens with one attached hydrogen (secondary N) is 1. The standard InChI is InChI=1S/C69H123N2O7P/c1-7-10-13-16-19-22-25-28-30-32-33-34-35-36-37-39-41-44-47-50-53-56-59-62-69(73)78-67(60-57-54-51-48-45-42-27-24-21-18-15-12-9-3)66(65-77-79(74,75)76-64-63-71(4,5)6)70-68(72)61-58-55-52-49-46-43-40-38-31-29-26-23-20-17-14-11-8-2/h10,13,19-20,22-23,28-31,33-34,36-37,57,60,66-67H,7-9,11-12,14-18,21,24-27,32,35,38-56,58-59,61-65H2,1-6H3,(H-,70,72,74,75)/p+1/b13-10-,22-19-,23-20-,30-28-,31-29-,34-33-,37-36-,60-57-. The van der Waals surface area contributed by atoms with E-state index >= 15 is 0 Å². The molecule has 456 valence electrons. The zero-order valence-electron chi connectivity index (χ0n) is 52.1. The minimum atomic E-state index is -4.46. The van der Waals surface area contributed by atoms with Crippen molar-refractivity contribution >= 4 is 19.7 Å². The maximum Gasteiger partial charge on any atom is 0.472 e. The Morgan fingerprint density at radius 3 is 1.24 bits per heavy atom. The third-order valence-corrected chi connectivity index (χ3v) is 15.0. The number of phosphoric ester groups is 1. The predicted octanol–water partition coefficient (Wildman–Crippen LogP) is 20.3. The van der Waals surface area contributed by atoms with Gasteiger partial charge in [-0.1, -0.05) is 253 Å². The number of phosphoric acid groups is 1. The van der Waals surface area contributed by atoms with Crippen LogP contribution in [0.3, 0.4) is 0 Å². The number of amides is 1. The van der Waals surface area contributed by atoms with Gasteiger partial charge in [0, 0.05) is 12.8 Å². The zero-order chi connectivity index (χ0) is 57.9. The minimum Gasteiger partial charge on any atom is -0.456 e. The summed E-state index contributed by atoms with van der Waals surface area (Å²) in [4.78, 5) is 37.8. The maximum absolute atomic E-state index is 13.6. The lowest BCUT2D eigenvalue weighted by molar-refractivity contribution is -0.870. The van der Waals surface area contributed by atoms with E-state index in [0.29, 0.717) is 17.4 Å². The van der Waals surface area contributed by atoms with Gasteiger partial charge >= 0.3 is 13.8 Å². The number of hydrogen-bond donors (Lipinski definition) is 2. The van der Waals surface area contributed by atoms with Crippen LogP contribution in [0.25, 0.3) is 0 Å². The number of rotatable bonds is 58. The van der Waals surface area contributed by atoms with Gasteiger partial charge in [0.25, 0.3) is 0 Å². The number of carbonyl (C=O) groups excluding carboxylic acids is 2. The molecular formula is C69H124N2O7P+. The molecule has 0 bridgehead atoms. The highest BCUT2D eigenvalue weighted by Crippen LogP contribution is 2.43. The normalized spacial score (nSPS) is 14.3. The molecule has 10 heteroatoms. The number of nitrogens with zero attached hydrogens (tertiary/aromatic N) is 1. The Bertz CT molecular complexity index is 1670. The Morgan fingerprint density at radius 1 is 0.456 bits per heavy atom. The summed E-state index contributed by atoms with van der Waals surface area (Å²) in [5.41, 5.74) is 0. The quantitative estimate of drug-likeness (QED) is 0.0205. The molecule has 0 aromatic heterocycles. The molecule has 1 amide bonds. The molecule has 0 aromatic carbocycles. The highest BCUT2D eigenvalue weighted by Gasteiger charge is 2.30. The summed E-state index contributed by atoms with van der Waals surface area (Å²) >= 11 is 0. The summed E-state index contributed by atoms with van der Waals surface area (Å²) < 4.78 is 30.7. The van der Waals surface area contributed by atoms with Gasteiger partial charge in [0.05, 0.1) is 33.8 Å². The minimum absolute atomic E-state index is 0.0326. The summed E-state index contributed by atoms with van der Waals surface area (Å²) in [6, 6.07) is -0.863. The second kappa shape index (κ2) is 58.1. The van der Waals surface area contributed by atoms with E-state index in [2.05, 4.69) is 111 Å². The molecule has 0 saturated heterocycles. The molecule has 0 radical (unpaired) electrons. The first-order valence-corrected chi connectivity index (χ1v) is 34.1. The van der Waals surface area contributed by atoms with Crippen LogP contribution in [0.15, 0.2) is 97.2 Å². The van der Waals surface area contributed by atoms with Crippen molar-refractivity contribution in [2.75, 3.05) is 40.9 Å². The Morgan fingerprint density at radius 2 is 0.810 bits per heavy atom. The molecule has 0 spiro atoms. The first-order valence-electron chi connectivity index (χ1n) is 32.6. The van der Waals surface area contributed by atoms with Gasteiger partial charge in [-0.25, -0.2) is 4.57 Å². The van der Waals surface area contributed by atoms with Crippen LogP contribution in [0.2, 0.25) is 0 Å². The highest BCUT2D eigenvalue weighted by molar-refractivity contribution is 7.47. The van der Waals surface area contributed by atoms with Gasteiger partial charge in [-0.2, -0.15) is 0 Å². The number of quaternary nitrogens is 1. The Kier molecular flexibility index (Phi) is 55.9. The van der Waals surface area contributed by atoms with Crippen molar-refractivity contribution in [1.29, 1.82) is 0 Å². The molecule has 2 N–H and O–H groups in total. The summed E-state index contributed by atoms with van der Waals surface area (Å²) in [6.07, 6.45) is 78.3. The van der Waals surface area contributed by atoms with Crippen molar-refractivity contribution in [1.82, 2.24) is 5.32 Å². The lowest BCUT2D eigenvalue weighted by Gasteiger charge is -2.27. The number of allylic oxidation sites excluding steroid dienone is 15. The molecule has 0 heterocycles. The van der Waals surface area contributed by atoms with Crippen molar-refractivity contribution in [3.63, 3.8) is 0 Å². The van der Waals surface area contributed by atoms with Crippen molar-refractivity contribution < 1.29 is 37.3 Å². The second-order valence-electron chi connectivity index (χ2n) is 22.9. The Balaban J connectivity index is 5.26. The van der Waals surface area contributed by atoms with Gasteiger partial charge in [-0.3, -0.25) is 18.6 Å². The zero-order valence-corrected chi connectivity index (χ0v) is 53.0. The number of hydrogen-bond acceptors (Lipinski definition) is 6. The SMILES string of the molecule is CC/C=C\C/C=C\C/C=C\C/C=C\C/C=C\CCCCCCCCCC(=O)OC(/C=C\CCCCCCCCCCCCC)C(COP(=O)(O)OCC[N+](C)(C)C)NC(=O)CCCCCCCCC/C=C\C/C=C\CCCCC. The fourth-order valence-corrected chi connectivity index (χ4v) is 9.73. The lowest BCUT2D eigenvalue weighted by atomic mass is 10.0. The van der Waals surface area contributed by atoms with Gasteiger partial charge < -0.3 is 19.4 Å². The van der Waals surface area contributed by atoms with Crippen molar-refractivity contribution in [2.24, 2.45) is 0 Å². The molecule has 9 nitrogen and oxygen atoms in total. The molecule has 0 rings (SSSR count). The largest absolute Gasteiger partial charge is 0.472 e. The molecule has 3 atom stereocenters. The monoisotopic (exact) mass is 1120 g/mol. The van der Waals surface area contributed by atoms with Crippen LogP contribution in [0.1, 0.15) is 278 Å². The number of likely N-dealkylation sites (N-methyl/N-ethyl adjacent to an activating group) is 1. The summed E-state index contributed by atoms with van der Waals surface area (Å²) in [5, 5.41) is 3.05. The van der Waals surface area contributed by atoms with Crippen LogP contribution in [-0.2, 0) is 27.9 Å². The lowest BCUT2D eigenvalue weighted by Crippen LogP contribution is -2.47. The van der Waals surface area contributed by atoms with E-state index in [1.807, 2.05) is 33.3 Å². The third-order valence-electron chi connectivity index (χ3n) is 14.0. The number of carbonyl (C=O) groups is 2. The fourth-order valence-electron chi connectivity index (χ4n) is 9.00. The van der Waals surface area contributed by atoms with E-state index in [1.54, 1.807) is 0 Å². The average Bonchev–Trinajstić information content (AvgIpc) is 3.41. The number of esters is 1. The smallest absolute Gasteiger partial charge is 0.456 e. The van der Waals surface area contributed by atoms with E-state index in [9.17, 15) is 19.0 Å². The van der Waals surface area contributed by atoms with Gasteiger partial charge in [0.2, 0.25) is 5.91 Å². The molecular weight excluding hydrogens is 1000 g/mol. The van der Waals surface area contributed by atoms with E-state index in [1.165, 1.54) is 122 Å². The highest BCUT2D eigenvalue weighted by atomic mass is 31.2. The molecule has 0 aliphatic heterocycles. The first-order chi connectivity index (χ1) is 38.4. The van der Waals surface area contributed by atoms with E-state index in [4.69, 9.17) is 13.8 Å². The van der Waals surface area contributed by atoms with Gasteiger partial charge in [0.1, 0.15) is 19.3 Å². The second-order valence-corrected chi connectivity index (χ2v) is 24.4. The van der Waals surface area contributed by atoms with Crippen molar-refractivity contribution in [3.8, 4) is 0 Å². The van der Waals surface area contributed by atoms with Crippen molar-refractivity contribution in [3.05, 3.63) is 97.2 Å². The molecule has 79 heavy (non-hydrogen) atoms. The summed E-state index contributed by atoms with van der Waals surface area (Å²) in [5.74, 6) is -0.527. The first kappa shape index (κ1) is 75.9. The fraction of sp³-hybridized carbons (Fsp3) is 0.739. The van der Waals surface area contributed by atoms with Crippen LogP contribution >= 0.6 is 7.82 Å². The molecule has 0 aromatic rings. The third kappa shape index (κ3) is 59.4. The van der Waals surface area contributed by atoms with Crippen molar-refractivity contribution in [2.45, 2.75) is 290 Å². The van der Waals surface area contributed by atoms with E-state index in [-0.39, 0.29) is 31.5 Å². The van der Waals surface area contributed by atoms with E-state index in [0.717, 1.165) is 122 Å². The Labute approximate surface area is 488 Å².